The van der Waals surface area contributed by atoms with E-state index in [4.69, 9.17) is 14.2 Å². The monoisotopic (exact) mass is 250 g/mol. The van der Waals surface area contributed by atoms with E-state index in [0.717, 1.165) is 11.1 Å². The number of carbonyl (C=O) groups is 1. The van der Waals surface area contributed by atoms with Crippen LogP contribution in [0.15, 0.2) is 24.3 Å². The average Bonchev–Trinajstić information content (AvgIpc) is 2.65. The molecule has 1 saturated heterocycles. The van der Waals surface area contributed by atoms with Gasteiger partial charge in [-0.25, -0.2) is 4.79 Å². The van der Waals surface area contributed by atoms with Gasteiger partial charge < -0.3 is 14.2 Å². The first kappa shape index (κ1) is 13.1. The van der Waals surface area contributed by atoms with Gasteiger partial charge in [0, 0.05) is 0 Å². The van der Waals surface area contributed by atoms with Crippen molar-refractivity contribution in [2.75, 3.05) is 7.11 Å². The molecule has 98 valence electrons. The Hall–Kier alpha value is -1.39. The van der Waals surface area contributed by atoms with Crippen LogP contribution in [0.4, 0.5) is 0 Å². The summed E-state index contributed by atoms with van der Waals surface area (Å²) in [5, 5.41) is 0. The van der Waals surface area contributed by atoms with E-state index >= 15 is 0 Å². The number of esters is 1. The minimum absolute atomic E-state index is 0.411. The summed E-state index contributed by atoms with van der Waals surface area (Å²) in [6, 6.07) is 7.86. The molecule has 0 N–H and O–H groups in total. The lowest BCUT2D eigenvalue weighted by Gasteiger charge is -2.16. The van der Waals surface area contributed by atoms with Gasteiger partial charge in [-0.05, 0) is 26.3 Å². The van der Waals surface area contributed by atoms with Crippen LogP contribution in [0.5, 0.6) is 0 Å². The quantitative estimate of drug-likeness (QED) is 0.756. The molecule has 1 heterocycles. The van der Waals surface area contributed by atoms with Gasteiger partial charge >= 0.3 is 5.97 Å². The topological polar surface area (TPSA) is 44.8 Å². The summed E-state index contributed by atoms with van der Waals surface area (Å²) in [6.07, 6.45) is -1.14. The van der Waals surface area contributed by atoms with Crippen molar-refractivity contribution in [2.24, 2.45) is 0 Å². The molecule has 2 rings (SSSR count). The fourth-order valence-corrected chi connectivity index (χ4v) is 2.05. The maximum atomic E-state index is 11.7. The van der Waals surface area contributed by atoms with Crippen molar-refractivity contribution < 1.29 is 19.0 Å². The molecule has 0 bridgehead atoms. The van der Waals surface area contributed by atoms with E-state index < -0.39 is 24.0 Å². The number of carbonyl (C=O) groups excluding carboxylic acids is 1. The Bertz CT molecular complexity index is 436. The Morgan fingerprint density at radius 2 is 1.83 bits per heavy atom. The summed E-state index contributed by atoms with van der Waals surface area (Å²) >= 11 is 0. The molecule has 1 fully saturated rings. The van der Waals surface area contributed by atoms with Crippen LogP contribution in [0.3, 0.4) is 0 Å². The zero-order chi connectivity index (χ0) is 13.3. The fourth-order valence-electron chi connectivity index (χ4n) is 2.05. The zero-order valence-electron chi connectivity index (χ0n) is 11.1. The van der Waals surface area contributed by atoms with Gasteiger partial charge in [0.05, 0.1) is 7.11 Å². The molecule has 0 amide bonds. The van der Waals surface area contributed by atoms with Gasteiger partial charge in [0.15, 0.2) is 11.9 Å². The van der Waals surface area contributed by atoms with E-state index in [0.29, 0.717) is 0 Å². The molecule has 0 spiro atoms. The highest BCUT2D eigenvalue weighted by atomic mass is 16.8. The standard InChI is InChI=1S/C14H18O4/c1-9-5-7-10(8-6-9)11-12(13(15)16-4)18-14(2,3)17-11/h5-8,11-12H,1-4H3/t11-,12?/m0/s1. The van der Waals surface area contributed by atoms with Crippen LogP contribution < -0.4 is 0 Å². The predicted octanol–water partition coefficient (Wildman–Crippen LogP) is 2.36. The van der Waals surface area contributed by atoms with Crippen molar-refractivity contribution in [2.45, 2.75) is 38.8 Å². The van der Waals surface area contributed by atoms with Gasteiger partial charge in [0.1, 0.15) is 6.10 Å². The molecule has 1 aromatic rings. The molecule has 2 atom stereocenters. The summed E-state index contributed by atoms with van der Waals surface area (Å²) in [6.45, 7) is 5.59. The van der Waals surface area contributed by atoms with E-state index in [-0.39, 0.29) is 0 Å². The van der Waals surface area contributed by atoms with E-state index in [9.17, 15) is 4.79 Å². The molecule has 18 heavy (non-hydrogen) atoms. The molecule has 0 radical (unpaired) electrons. The maximum Gasteiger partial charge on any atom is 0.338 e. The number of benzene rings is 1. The first-order chi connectivity index (χ1) is 8.43. The molecular formula is C14H18O4. The van der Waals surface area contributed by atoms with Crippen LogP contribution >= 0.6 is 0 Å². The highest BCUT2D eigenvalue weighted by Crippen LogP contribution is 2.38. The van der Waals surface area contributed by atoms with Gasteiger partial charge in [0.2, 0.25) is 0 Å². The molecule has 1 aromatic carbocycles. The summed E-state index contributed by atoms with van der Waals surface area (Å²) in [7, 11) is 1.35. The molecule has 4 nitrogen and oxygen atoms in total. The Labute approximate surface area is 107 Å². The summed E-state index contributed by atoms with van der Waals surface area (Å²) in [4.78, 5) is 11.7. The number of hydrogen-bond donors (Lipinski definition) is 0. The van der Waals surface area contributed by atoms with Crippen molar-refractivity contribution in [3.05, 3.63) is 35.4 Å². The lowest BCUT2D eigenvalue weighted by molar-refractivity contribution is -0.168. The third-order valence-electron chi connectivity index (χ3n) is 2.94. The Morgan fingerprint density at radius 1 is 1.22 bits per heavy atom. The lowest BCUT2D eigenvalue weighted by atomic mass is 10.0. The Balaban J connectivity index is 2.29. The maximum absolute atomic E-state index is 11.7. The summed E-state index contributed by atoms with van der Waals surface area (Å²) in [5.74, 6) is -1.19. The third kappa shape index (κ3) is 2.54. The highest BCUT2D eigenvalue weighted by Gasteiger charge is 2.46. The molecular weight excluding hydrogens is 232 g/mol. The first-order valence-corrected chi connectivity index (χ1v) is 5.93. The Morgan fingerprint density at radius 3 is 2.39 bits per heavy atom. The summed E-state index contributed by atoms with van der Waals surface area (Å²) in [5.41, 5.74) is 2.08. The molecule has 0 aromatic heterocycles. The van der Waals surface area contributed by atoms with Crippen LogP contribution in [-0.2, 0) is 19.0 Å². The van der Waals surface area contributed by atoms with Crippen molar-refractivity contribution in [3.8, 4) is 0 Å². The van der Waals surface area contributed by atoms with Gasteiger partial charge in [-0.2, -0.15) is 0 Å². The largest absolute Gasteiger partial charge is 0.467 e. The van der Waals surface area contributed by atoms with E-state index in [2.05, 4.69) is 0 Å². The smallest absolute Gasteiger partial charge is 0.338 e. The van der Waals surface area contributed by atoms with E-state index in [1.165, 1.54) is 7.11 Å². The van der Waals surface area contributed by atoms with Gasteiger partial charge in [-0.3, -0.25) is 0 Å². The third-order valence-corrected chi connectivity index (χ3v) is 2.94. The average molecular weight is 250 g/mol. The van der Waals surface area contributed by atoms with Crippen LogP contribution in [0.1, 0.15) is 31.1 Å². The highest BCUT2D eigenvalue weighted by molar-refractivity contribution is 5.76. The molecule has 4 heteroatoms. The molecule has 0 aliphatic carbocycles. The second kappa shape index (κ2) is 4.71. The number of hydrogen-bond acceptors (Lipinski definition) is 4. The second-order valence-corrected chi connectivity index (χ2v) is 4.91. The number of methoxy groups -OCH3 is 1. The fraction of sp³-hybridized carbons (Fsp3) is 0.500. The van der Waals surface area contributed by atoms with E-state index in [1.54, 1.807) is 13.8 Å². The zero-order valence-corrected chi connectivity index (χ0v) is 11.1. The van der Waals surface area contributed by atoms with Gasteiger partial charge in [-0.15, -0.1) is 0 Å². The minimum Gasteiger partial charge on any atom is -0.467 e. The number of ether oxygens (including phenoxy) is 3. The lowest BCUT2D eigenvalue weighted by Crippen LogP contribution is -2.28. The number of aryl methyl sites for hydroxylation is 1. The molecule has 1 unspecified atom stereocenters. The molecule has 0 saturated carbocycles. The van der Waals surface area contributed by atoms with Crippen LogP contribution in [0.2, 0.25) is 0 Å². The SMILES string of the molecule is COC(=O)C1OC(C)(C)O[C@H]1c1ccc(C)cc1. The predicted molar refractivity (Wildman–Crippen MR) is 66.0 cm³/mol. The number of rotatable bonds is 2. The Kier molecular flexibility index (Phi) is 3.41. The van der Waals surface area contributed by atoms with Crippen molar-refractivity contribution in [1.29, 1.82) is 0 Å². The van der Waals surface area contributed by atoms with Gasteiger partial charge in [0.25, 0.3) is 0 Å². The van der Waals surface area contributed by atoms with Crippen LogP contribution in [0, 0.1) is 6.92 Å². The normalized spacial score (nSPS) is 26.0. The first-order valence-electron chi connectivity index (χ1n) is 5.93. The van der Waals surface area contributed by atoms with Crippen LogP contribution in [-0.4, -0.2) is 25.0 Å². The van der Waals surface area contributed by atoms with E-state index in [1.807, 2.05) is 31.2 Å². The summed E-state index contributed by atoms with van der Waals surface area (Å²) < 4.78 is 16.1. The van der Waals surface area contributed by atoms with Crippen LogP contribution in [0.25, 0.3) is 0 Å². The van der Waals surface area contributed by atoms with Crippen molar-refractivity contribution >= 4 is 5.97 Å². The molecule has 1 aliphatic heterocycles. The van der Waals surface area contributed by atoms with Crippen molar-refractivity contribution in [3.63, 3.8) is 0 Å². The minimum atomic E-state index is -0.783. The van der Waals surface area contributed by atoms with Gasteiger partial charge in [-0.1, -0.05) is 29.8 Å². The second-order valence-electron chi connectivity index (χ2n) is 4.91. The van der Waals surface area contributed by atoms with Crippen molar-refractivity contribution in [1.82, 2.24) is 0 Å². The molecule has 1 aliphatic rings.